The third-order valence-corrected chi connectivity index (χ3v) is 3.01. The molecule has 2 nitrogen and oxygen atoms in total. The summed E-state index contributed by atoms with van der Waals surface area (Å²) in [7, 11) is 0. The molecule has 16 heavy (non-hydrogen) atoms. The number of hydrogen-bond donors (Lipinski definition) is 1. The molecule has 0 fully saturated rings. The van der Waals surface area contributed by atoms with Crippen LogP contribution in [0.3, 0.4) is 0 Å². The summed E-state index contributed by atoms with van der Waals surface area (Å²) in [6, 6.07) is 12.3. The minimum absolute atomic E-state index is 0.616. The summed E-state index contributed by atoms with van der Waals surface area (Å²) >= 11 is 1.73. The molecule has 1 N–H and O–H groups in total. The molecule has 1 aromatic heterocycles. The first-order valence-electron chi connectivity index (χ1n) is 5.35. The van der Waals surface area contributed by atoms with Crippen molar-refractivity contribution in [1.29, 1.82) is 0 Å². The Labute approximate surface area is 99.8 Å². The summed E-state index contributed by atoms with van der Waals surface area (Å²) in [6.45, 7) is 1.47. The first kappa shape index (κ1) is 11.3. The lowest BCUT2D eigenvalue weighted by molar-refractivity contribution is 0.0288. The Balaban J connectivity index is 1.59. The smallest absolute Gasteiger partial charge is 0.0933 e. The van der Waals surface area contributed by atoms with Crippen LogP contribution in [0, 0.1) is 0 Å². The van der Waals surface area contributed by atoms with Gasteiger partial charge in [-0.2, -0.15) is 11.3 Å². The fraction of sp³-hybridized carbons (Fsp3) is 0.231. The zero-order valence-corrected chi connectivity index (χ0v) is 9.87. The number of hydrogen-bond acceptors (Lipinski definition) is 3. The first-order chi connectivity index (χ1) is 7.95. The second-order valence-electron chi connectivity index (χ2n) is 3.55. The van der Waals surface area contributed by atoms with Crippen LogP contribution in [0.15, 0.2) is 47.2 Å². The second-order valence-corrected chi connectivity index (χ2v) is 4.33. The fourth-order valence-electron chi connectivity index (χ4n) is 1.41. The highest BCUT2D eigenvalue weighted by Gasteiger charge is 1.94. The quantitative estimate of drug-likeness (QED) is 0.611. The fourth-order valence-corrected chi connectivity index (χ4v) is 2.11. The topological polar surface area (TPSA) is 21.3 Å². The number of rotatable bonds is 6. The lowest BCUT2D eigenvalue weighted by atomic mass is 10.2. The highest BCUT2D eigenvalue weighted by atomic mass is 32.1. The molecule has 0 bridgehead atoms. The van der Waals surface area contributed by atoms with Crippen molar-refractivity contribution in [2.75, 3.05) is 6.54 Å². The highest BCUT2D eigenvalue weighted by molar-refractivity contribution is 7.07. The maximum Gasteiger partial charge on any atom is 0.0933 e. The number of nitrogens with one attached hydrogen (secondary N) is 1. The van der Waals surface area contributed by atoms with Gasteiger partial charge in [0.15, 0.2) is 0 Å². The second kappa shape index (κ2) is 6.43. The van der Waals surface area contributed by atoms with E-state index in [1.54, 1.807) is 11.3 Å². The Bertz CT molecular complexity index is 386. The van der Waals surface area contributed by atoms with E-state index in [4.69, 9.17) is 4.84 Å². The van der Waals surface area contributed by atoms with E-state index in [2.05, 4.69) is 34.4 Å². The van der Waals surface area contributed by atoms with Gasteiger partial charge in [-0.1, -0.05) is 30.3 Å². The molecule has 2 rings (SSSR count). The first-order valence-corrected chi connectivity index (χ1v) is 6.29. The molecular formula is C13H15NOS. The zero-order valence-electron chi connectivity index (χ0n) is 9.06. The molecule has 1 heterocycles. The van der Waals surface area contributed by atoms with Crippen LogP contribution in [0.2, 0.25) is 0 Å². The largest absolute Gasteiger partial charge is 0.297 e. The molecule has 0 amide bonds. The van der Waals surface area contributed by atoms with E-state index in [0.29, 0.717) is 6.61 Å². The highest BCUT2D eigenvalue weighted by Crippen LogP contribution is 2.05. The predicted molar refractivity (Wildman–Crippen MR) is 67.3 cm³/mol. The molecular weight excluding hydrogens is 218 g/mol. The SMILES string of the molecule is c1ccc(CONCCc2ccsc2)cc1. The van der Waals surface area contributed by atoms with E-state index >= 15 is 0 Å². The van der Waals surface area contributed by atoms with E-state index in [-0.39, 0.29) is 0 Å². The van der Waals surface area contributed by atoms with Crippen LogP contribution in [0.25, 0.3) is 0 Å². The number of thiophene rings is 1. The molecule has 0 unspecified atom stereocenters. The van der Waals surface area contributed by atoms with Gasteiger partial charge >= 0.3 is 0 Å². The average molecular weight is 233 g/mol. The monoisotopic (exact) mass is 233 g/mol. The molecule has 0 aliphatic heterocycles. The van der Waals surface area contributed by atoms with Crippen LogP contribution in [0.1, 0.15) is 11.1 Å². The van der Waals surface area contributed by atoms with Gasteiger partial charge in [0.2, 0.25) is 0 Å². The van der Waals surface area contributed by atoms with Crippen molar-refractivity contribution in [2.24, 2.45) is 0 Å². The molecule has 0 atom stereocenters. The van der Waals surface area contributed by atoms with Crippen LogP contribution in [0.5, 0.6) is 0 Å². The Kier molecular flexibility index (Phi) is 4.55. The van der Waals surface area contributed by atoms with Crippen LogP contribution in [-0.2, 0) is 17.9 Å². The third-order valence-electron chi connectivity index (χ3n) is 2.28. The Morgan fingerprint density at radius 3 is 2.69 bits per heavy atom. The van der Waals surface area contributed by atoms with Crippen molar-refractivity contribution < 1.29 is 4.84 Å². The lowest BCUT2D eigenvalue weighted by Crippen LogP contribution is -2.17. The van der Waals surface area contributed by atoms with Gasteiger partial charge in [-0.25, -0.2) is 5.48 Å². The molecule has 1 aromatic carbocycles. The van der Waals surface area contributed by atoms with Crippen molar-refractivity contribution in [1.82, 2.24) is 5.48 Å². The van der Waals surface area contributed by atoms with Gasteiger partial charge in [0, 0.05) is 6.54 Å². The summed E-state index contributed by atoms with van der Waals surface area (Å²) in [4.78, 5) is 5.37. The van der Waals surface area contributed by atoms with Crippen molar-refractivity contribution in [3.05, 3.63) is 58.3 Å². The van der Waals surface area contributed by atoms with E-state index in [1.165, 1.54) is 11.1 Å². The van der Waals surface area contributed by atoms with Crippen LogP contribution >= 0.6 is 11.3 Å². The molecule has 3 heteroatoms. The molecule has 2 aromatic rings. The van der Waals surface area contributed by atoms with Crippen LogP contribution in [-0.4, -0.2) is 6.54 Å². The lowest BCUT2D eigenvalue weighted by Gasteiger charge is -2.04. The van der Waals surface area contributed by atoms with E-state index in [0.717, 1.165) is 13.0 Å². The van der Waals surface area contributed by atoms with E-state index in [1.807, 2.05) is 18.2 Å². The Morgan fingerprint density at radius 1 is 1.06 bits per heavy atom. The van der Waals surface area contributed by atoms with Crippen LogP contribution < -0.4 is 5.48 Å². The van der Waals surface area contributed by atoms with Gasteiger partial charge in [0.25, 0.3) is 0 Å². The summed E-state index contributed by atoms with van der Waals surface area (Å²) in [6.07, 6.45) is 1.01. The summed E-state index contributed by atoms with van der Waals surface area (Å²) in [5.74, 6) is 0. The van der Waals surface area contributed by atoms with Crippen molar-refractivity contribution >= 4 is 11.3 Å². The zero-order chi connectivity index (χ0) is 11.1. The summed E-state index contributed by atoms with van der Waals surface area (Å²) < 4.78 is 0. The standard InChI is InChI=1S/C13H15NOS/c1-2-4-12(5-3-1)10-15-14-8-6-13-7-9-16-11-13/h1-5,7,9,11,14H,6,8,10H2. The molecule has 0 radical (unpaired) electrons. The molecule has 0 aliphatic carbocycles. The van der Waals surface area contributed by atoms with Gasteiger partial charge in [-0.3, -0.25) is 4.84 Å². The minimum Gasteiger partial charge on any atom is -0.297 e. The molecule has 0 spiro atoms. The Hall–Kier alpha value is -1.16. The van der Waals surface area contributed by atoms with Crippen molar-refractivity contribution in [2.45, 2.75) is 13.0 Å². The van der Waals surface area contributed by atoms with E-state index < -0.39 is 0 Å². The van der Waals surface area contributed by atoms with Gasteiger partial charge in [-0.15, -0.1) is 0 Å². The van der Waals surface area contributed by atoms with Gasteiger partial charge in [0.05, 0.1) is 6.61 Å². The number of hydroxylamine groups is 1. The molecule has 0 aliphatic rings. The van der Waals surface area contributed by atoms with Crippen molar-refractivity contribution in [3.63, 3.8) is 0 Å². The van der Waals surface area contributed by atoms with Gasteiger partial charge in [0.1, 0.15) is 0 Å². The third kappa shape index (κ3) is 3.77. The van der Waals surface area contributed by atoms with Gasteiger partial charge in [-0.05, 0) is 34.4 Å². The predicted octanol–water partition coefficient (Wildman–Crippen LogP) is 3.01. The minimum atomic E-state index is 0.616. The normalized spacial score (nSPS) is 10.5. The Morgan fingerprint density at radius 2 is 1.94 bits per heavy atom. The van der Waals surface area contributed by atoms with E-state index in [9.17, 15) is 0 Å². The average Bonchev–Trinajstić information content (AvgIpc) is 2.83. The van der Waals surface area contributed by atoms with Crippen molar-refractivity contribution in [3.8, 4) is 0 Å². The summed E-state index contributed by atoms with van der Waals surface area (Å²) in [5, 5.41) is 4.26. The molecule has 0 saturated carbocycles. The summed E-state index contributed by atoms with van der Waals surface area (Å²) in [5.41, 5.74) is 5.52. The van der Waals surface area contributed by atoms with Gasteiger partial charge < -0.3 is 0 Å². The molecule has 0 saturated heterocycles. The van der Waals surface area contributed by atoms with Crippen LogP contribution in [0.4, 0.5) is 0 Å². The maximum absolute atomic E-state index is 5.37. The molecule has 84 valence electrons. The number of benzene rings is 1. The maximum atomic E-state index is 5.37.